The molecule has 0 saturated heterocycles. The first kappa shape index (κ1) is 18.9. The van der Waals surface area contributed by atoms with Crippen LogP contribution in [0.25, 0.3) is 0 Å². The summed E-state index contributed by atoms with van der Waals surface area (Å²) in [5.74, 6) is 0. The Bertz CT molecular complexity index is 691. The highest BCUT2D eigenvalue weighted by atomic mass is 16.6. The Hall–Kier alpha value is -2.48. The van der Waals surface area contributed by atoms with Crippen molar-refractivity contribution in [2.45, 2.75) is 59.0 Å². The quantitative estimate of drug-likeness (QED) is 0.696. The highest BCUT2D eigenvalue weighted by molar-refractivity contribution is 6.05. The fourth-order valence-corrected chi connectivity index (χ4v) is 2.37. The zero-order valence-corrected chi connectivity index (χ0v) is 15.5. The van der Waals surface area contributed by atoms with E-state index in [2.05, 4.69) is 0 Å². The van der Waals surface area contributed by atoms with Gasteiger partial charge in [0, 0.05) is 5.69 Å². The molecule has 1 aliphatic heterocycles. The number of hydrogen-bond donors (Lipinski definition) is 2. The maximum Gasteiger partial charge on any atom is 0.417 e. The normalized spacial score (nSPS) is 17.3. The van der Waals surface area contributed by atoms with E-state index >= 15 is 0 Å². The van der Waals surface area contributed by atoms with Crippen molar-refractivity contribution in [2.24, 2.45) is 5.73 Å². The maximum atomic E-state index is 12.6. The van der Waals surface area contributed by atoms with Crippen LogP contribution in [0.5, 0.6) is 0 Å². The van der Waals surface area contributed by atoms with Crippen LogP contribution in [0.15, 0.2) is 18.2 Å². The second-order valence-corrected chi connectivity index (χ2v) is 7.86. The lowest BCUT2D eigenvalue weighted by molar-refractivity contribution is 0.0536. The van der Waals surface area contributed by atoms with Crippen LogP contribution >= 0.6 is 0 Å². The van der Waals surface area contributed by atoms with Crippen LogP contribution in [0.4, 0.5) is 26.7 Å². The number of hydrogen-bond acceptors (Lipinski definition) is 6. The smallest absolute Gasteiger partial charge is 0.417 e. The molecule has 0 saturated carbocycles. The Kier molecular flexibility index (Phi) is 4.61. The number of anilines is 3. The van der Waals surface area contributed by atoms with Gasteiger partial charge in [-0.15, -0.1) is 0 Å². The molecule has 25 heavy (non-hydrogen) atoms. The van der Waals surface area contributed by atoms with E-state index < -0.39 is 29.7 Å². The second-order valence-electron chi connectivity index (χ2n) is 7.86. The lowest BCUT2D eigenvalue weighted by Crippen LogP contribution is -2.56. The molecular weight excluding hydrogens is 324 g/mol. The van der Waals surface area contributed by atoms with E-state index in [9.17, 15) is 9.59 Å². The van der Waals surface area contributed by atoms with Gasteiger partial charge in [-0.1, -0.05) is 0 Å². The maximum absolute atomic E-state index is 12.6. The number of carbonyl (C=O) groups excluding carboxylic acids is 2. The minimum Gasteiger partial charge on any atom is -0.443 e. The average Bonchev–Trinajstić information content (AvgIpc) is 2.65. The molecule has 0 radical (unpaired) electrons. The van der Waals surface area contributed by atoms with Gasteiger partial charge in [-0.3, -0.25) is 5.73 Å². The van der Waals surface area contributed by atoms with Crippen LogP contribution in [0.3, 0.4) is 0 Å². The standard InChI is InChI=1S/C17H26N4O4/c1-16(2,3)24-14(22)20-11-8-7-10(18)9-12(11)21(13(20)19)15(23)25-17(4,5)6/h7-9,13H,18-19H2,1-6H3. The summed E-state index contributed by atoms with van der Waals surface area (Å²) in [7, 11) is 0. The van der Waals surface area contributed by atoms with Gasteiger partial charge in [-0.2, -0.15) is 0 Å². The largest absolute Gasteiger partial charge is 0.443 e. The molecule has 1 aromatic rings. The lowest BCUT2D eigenvalue weighted by Gasteiger charge is -2.30. The molecule has 1 aliphatic rings. The van der Waals surface area contributed by atoms with Crippen LogP contribution in [-0.2, 0) is 9.47 Å². The topological polar surface area (TPSA) is 111 Å². The number of carbonyl (C=O) groups is 2. The van der Waals surface area contributed by atoms with Crippen molar-refractivity contribution in [1.82, 2.24) is 0 Å². The molecule has 0 aromatic heterocycles. The molecule has 2 rings (SSSR count). The molecule has 1 unspecified atom stereocenters. The Balaban J connectivity index is 2.43. The Morgan fingerprint density at radius 2 is 1.36 bits per heavy atom. The van der Waals surface area contributed by atoms with Crippen molar-refractivity contribution in [3.05, 3.63) is 18.2 Å². The van der Waals surface area contributed by atoms with Crippen LogP contribution in [-0.4, -0.2) is 29.7 Å². The van der Waals surface area contributed by atoms with E-state index in [0.29, 0.717) is 17.1 Å². The van der Waals surface area contributed by atoms with Gasteiger partial charge in [-0.05, 0) is 59.7 Å². The van der Waals surface area contributed by atoms with Crippen molar-refractivity contribution >= 4 is 29.2 Å². The number of nitrogen functional groups attached to an aromatic ring is 1. The van der Waals surface area contributed by atoms with Gasteiger partial charge >= 0.3 is 12.2 Å². The van der Waals surface area contributed by atoms with E-state index in [-0.39, 0.29) is 0 Å². The summed E-state index contributed by atoms with van der Waals surface area (Å²) in [4.78, 5) is 27.6. The van der Waals surface area contributed by atoms with Gasteiger partial charge in [0.1, 0.15) is 11.2 Å². The molecule has 0 spiro atoms. The van der Waals surface area contributed by atoms with Gasteiger partial charge in [0.2, 0.25) is 0 Å². The molecule has 1 atom stereocenters. The van der Waals surface area contributed by atoms with Gasteiger partial charge in [0.15, 0.2) is 6.29 Å². The third kappa shape index (κ3) is 4.14. The van der Waals surface area contributed by atoms with Gasteiger partial charge in [0.25, 0.3) is 0 Å². The molecule has 8 heteroatoms. The second kappa shape index (κ2) is 6.11. The Labute approximate surface area is 147 Å². The fourth-order valence-electron chi connectivity index (χ4n) is 2.37. The van der Waals surface area contributed by atoms with Gasteiger partial charge in [-0.25, -0.2) is 19.4 Å². The molecular formula is C17H26N4O4. The van der Waals surface area contributed by atoms with Crippen molar-refractivity contribution in [1.29, 1.82) is 0 Å². The predicted octanol–water partition coefficient (Wildman–Crippen LogP) is 3.01. The zero-order chi connectivity index (χ0) is 19.2. The van der Waals surface area contributed by atoms with E-state index in [1.807, 2.05) is 0 Å². The number of ether oxygens (including phenoxy) is 2. The molecule has 0 bridgehead atoms. The highest BCUT2D eigenvalue weighted by Gasteiger charge is 2.44. The molecule has 8 nitrogen and oxygen atoms in total. The number of benzene rings is 1. The SMILES string of the molecule is CC(C)(C)OC(=O)N1c2ccc(N)cc2N(C(=O)OC(C)(C)C)C1N. The number of nitrogens with two attached hydrogens (primary N) is 2. The number of rotatable bonds is 0. The molecule has 2 amide bonds. The molecule has 4 N–H and O–H groups in total. The summed E-state index contributed by atoms with van der Waals surface area (Å²) >= 11 is 0. The third-order valence-electron chi connectivity index (χ3n) is 3.23. The van der Waals surface area contributed by atoms with Crippen LogP contribution in [0, 0.1) is 0 Å². The Morgan fingerprint density at radius 3 is 1.80 bits per heavy atom. The van der Waals surface area contributed by atoms with Crippen molar-refractivity contribution in [3.63, 3.8) is 0 Å². The highest BCUT2D eigenvalue weighted by Crippen LogP contribution is 2.41. The van der Waals surface area contributed by atoms with E-state index in [4.69, 9.17) is 20.9 Å². The van der Waals surface area contributed by atoms with E-state index in [0.717, 1.165) is 0 Å². The van der Waals surface area contributed by atoms with Crippen LogP contribution in [0.1, 0.15) is 41.5 Å². The first-order chi connectivity index (χ1) is 11.3. The van der Waals surface area contributed by atoms with E-state index in [1.165, 1.54) is 9.80 Å². The summed E-state index contributed by atoms with van der Waals surface area (Å²) in [5.41, 5.74) is 11.9. The molecule has 0 aliphatic carbocycles. The molecule has 138 valence electrons. The fraction of sp³-hybridized carbons (Fsp3) is 0.529. The predicted molar refractivity (Wildman–Crippen MR) is 96.3 cm³/mol. The van der Waals surface area contributed by atoms with Gasteiger partial charge < -0.3 is 15.2 Å². The minimum absolute atomic E-state index is 0.396. The summed E-state index contributed by atoms with van der Waals surface area (Å²) in [6.45, 7) is 10.5. The van der Waals surface area contributed by atoms with Crippen molar-refractivity contribution < 1.29 is 19.1 Å². The molecule has 1 heterocycles. The third-order valence-corrected chi connectivity index (χ3v) is 3.23. The zero-order valence-electron chi connectivity index (χ0n) is 15.5. The molecule has 0 fully saturated rings. The minimum atomic E-state index is -1.10. The van der Waals surface area contributed by atoms with E-state index in [1.54, 1.807) is 59.7 Å². The average molecular weight is 350 g/mol. The number of fused-ring (bicyclic) bond motifs is 1. The first-order valence-corrected chi connectivity index (χ1v) is 8.00. The summed E-state index contributed by atoms with van der Waals surface area (Å²) in [6.07, 6.45) is -2.42. The van der Waals surface area contributed by atoms with Crippen LogP contribution in [0.2, 0.25) is 0 Å². The van der Waals surface area contributed by atoms with Crippen LogP contribution < -0.4 is 21.3 Å². The summed E-state index contributed by atoms with van der Waals surface area (Å²) < 4.78 is 10.8. The number of amides is 2. The number of nitrogens with zero attached hydrogens (tertiary/aromatic N) is 2. The van der Waals surface area contributed by atoms with Crippen molar-refractivity contribution in [2.75, 3.05) is 15.5 Å². The van der Waals surface area contributed by atoms with Crippen molar-refractivity contribution in [3.8, 4) is 0 Å². The summed E-state index contributed by atoms with van der Waals surface area (Å²) in [6, 6.07) is 4.82. The molecule has 1 aromatic carbocycles. The lowest BCUT2D eigenvalue weighted by atomic mass is 10.2. The van der Waals surface area contributed by atoms with Gasteiger partial charge in [0.05, 0.1) is 11.4 Å². The first-order valence-electron chi connectivity index (χ1n) is 8.00. The summed E-state index contributed by atoms with van der Waals surface area (Å²) in [5, 5.41) is 0. The monoisotopic (exact) mass is 350 g/mol. The Morgan fingerprint density at radius 1 is 0.920 bits per heavy atom.